The molecule has 1 aliphatic carbocycles. The topological polar surface area (TPSA) is 91.5 Å². The zero-order valence-electron chi connectivity index (χ0n) is 15.2. The average molecular weight is 428 g/mol. The van der Waals surface area contributed by atoms with Gasteiger partial charge in [0.1, 0.15) is 6.10 Å². The van der Waals surface area contributed by atoms with E-state index in [0.29, 0.717) is 35.1 Å². The van der Waals surface area contributed by atoms with Gasteiger partial charge in [0.25, 0.3) is 5.56 Å². The van der Waals surface area contributed by atoms with E-state index in [-0.39, 0.29) is 29.3 Å². The molecule has 0 aromatic carbocycles. The third-order valence-electron chi connectivity index (χ3n) is 4.46. The van der Waals surface area contributed by atoms with Gasteiger partial charge in [-0.05, 0) is 13.0 Å². The fraction of sp³-hybridized carbons (Fsp3) is 0.389. The SMILES string of the molecule is Cc1nc(C(F)(F)F)c(COC2CC(Oc3ccc(-c4cc(=O)[nH]o4)c[nH+]3)C2)s1. The number of alkyl halides is 3. The molecule has 3 heterocycles. The van der Waals surface area contributed by atoms with Crippen LogP contribution >= 0.6 is 11.3 Å². The Kier molecular flexibility index (Phi) is 5.17. The van der Waals surface area contributed by atoms with Crippen LogP contribution < -0.4 is 15.3 Å². The van der Waals surface area contributed by atoms with Crippen molar-refractivity contribution in [2.24, 2.45) is 0 Å². The van der Waals surface area contributed by atoms with Gasteiger partial charge in [-0.15, -0.1) is 11.3 Å². The number of nitrogens with one attached hydrogen (secondary N) is 2. The van der Waals surface area contributed by atoms with Gasteiger partial charge in [0, 0.05) is 12.8 Å². The first-order chi connectivity index (χ1) is 13.8. The lowest BCUT2D eigenvalue weighted by Gasteiger charge is -2.33. The zero-order chi connectivity index (χ0) is 20.6. The number of aromatic nitrogens is 3. The second-order valence-electron chi connectivity index (χ2n) is 6.67. The van der Waals surface area contributed by atoms with E-state index in [1.807, 2.05) is 0 Å². The summed E-state index contributed by atoms with van der Waals surface area (Å²) < 4.78 is 55.3. The fourth-order valence-corrected chi connectivity index (χ4v) is 3.85. The molecule has 0 bridgehead atoms. The quantitative estimate of drug-likeness (QED) is 0.650. The van der Waals surface area contributed by atoms with Gasteiger partial charge in [-0.1, -0.05) is 0 Å². The van der Waals surface area contributed by atoms with Gasteiger partial charge in [-0.3, -0.25) is 4.79 Å². The average Bonchev–Trinajstić information content (AvgIpc) is 3.23. The molecule has 0 aliphatic heterocycles. The zero-order valence-corrected chi connectivity index (χ0v) is 16.0. The van der Waals surface area contributed by atoms with Crippen LogP contribution in [0.3, 0.4) is 0 Å². The standard InChI is InChI=1S/C18H16F3N3O4S/c1-9-23-17(18(19,20)21)14(29-9)8-26-11-4-12(5-11)27-16-3-2-10(7-22-16)13-6-15(25)24-28-13/h2-3,6-7,11-12H,4-5,8H2,1H3,(H,24,25)/p+1. The van der Waals surface area contributed by atoms with Crippen molar-refractivity contribution < 1.29 is 32.2 Å². The van der Waals surface area contributed by atoms with E-state index in [4.69, 9.17) is 14.0 Å². The van der Waals surface area contributed by atoms with Crippen LogP contribution in [0.2, 0.25) is 0 Å². The smallest absolute Gasteiger partial charge is 0.434 e. The van der Waals surface area contributed by atoms with Crippen LogP contribution in [0.5, 0.6) is 5.88 Å². The summed E-state index contributed by atoms with van der Waals surface area (Å²) in [4.78, 5) is 17.7. The molecule has 0 amide bonds. The summed E-state index contributed by atoms with van der Waals surface area (Å²) >= 11 is 1.00. The van der Waals surface area contributed by atoms with Crippen LogP contribution in [0.4, 0.5) is 13.2 Å². The molecule has 0 saturated heterocycles. The Balaban J connectivity index is 1.26. The number of halogens is 3. The van der Waals surface area contributed by atoms with Gasteiger partial charge >= 0.3 is 12.1 Å². The Morgan fingerprint density at radius 3 is 2.76 bits per heavy atom. The molecule has 2 N–H and O–H groups in total. The molecule has 7 nitrogen and oxygen atoms in total. The predicted octanol–water partition coefficient (Wildman–Crippen LogP) is 3.36. The fourth-order valence-electron chi connectivity index (χ4n) is 2.97. The summed E-state index contributed by atoms with van der Waals surface area (Å²) in [6.07, 6.45) is -1.89. The van der Waals surface area contributed by atoms with Crippen molar-refractivity contribution in [2.45, 2.75) is 44.8 Å². The first kappa shape index (κ1) is 19.6. The number of aromatic amines is 2. The molecule has 0 spiro atoms. The highest BCUT2D eigenvalue weighted by Crippen LogP contribution is 2.36. The minimum absolute atomic E-state index is 0.0856. The van der Waals surface area contributed by atoms with Crippen LogP contribution in [0.1, 0.15) is 28.4 Å². The maximum atomic E-state index is 13.0. The first-order valence-electron chi connectivity index (χ1n) is 8.80. The van der Waals surface area contributed by atoms with Crippen LogP contribution in [0, 0.1) is 6.92 Å². The van der Waals surface area contributed by atoms with E-state index in [1.54, 1.807) is 25.3 Å². The maximum absolute atomic E-state index is 13.0. The summed E-state index contributed by atoms with van der Waals surface area (Å²) in [5.41, 5.74) is -0.498. The number of hydrogen-bond acceptors (Lipinski definition) is 6. The summed E-state index contributed by atoms with van der Waals surface area (Å²) in [6, 6.07) is 4.80. The summed E-state index contributed by atoms with van der Waals surface area (Å²) in [7, 11) is 0. The number of H-pyrrole nitrogens is 2. The Bertz CT molecular complexity index is 1040. The number of hydrogen-bond donors (Lipinski definition) is 1. The number of pyridine rings is 1. The van der Waals surface area contributed by atoms with Crippen molar-refractivity contribution >= 4 is 11.3 Å². The second kappa shape index (κ2) is 7.64. The van der Waals surface area contributed by atoms with Crippen molar-refractivity contribution in [1.82, 2.24) is 10.1 Å². The molecular weight excluding hydrogens is 411 g/mol. The van der Waals surface area contributed by atoms with Gasteiger partial charge in [-0.25, -0.2) is 4.98 Å². The summed E-state index contributed by atoms with van der Waals surface area (Å²) in [5, 5.41) is 2.58. The molecule has 1 saturated carbocycles. The molecule has 3 aromatic rings. The van der Waals surface area contributed by atoms with E-state index >= 15 is 0 Å². The molecule has 4 rings (SSSR count). The number of ether oxygens (including phenoxy) is 2. The molecule has 0 atom stereocenters. The van der Waals surface area contributed by atoms with Gasteiger partial charge in [0.05, 0.1) is 40.3 Å². The highest BCUT2D eigenvalue weighted by atomic mass is 32.1. The van der Waals surface area contributed by atoms with Crippen LogP contribution in [0.25, 0.3) is 11.3 Å². The molecule has 3 aromatic heterocycles. The van der Waals surface area contributed by atoms with Crippen molar-refractivity contribution in [3.8, 4) is 17.2 Å². The normalized spacial score (nSPS) is 19.2. The van der Waals surface area contributed by atoms with Gasteiger partial charge < -0.3 is 14.0 Å². The maximum Gasteiger partial charge on any atom is 0.434 e. The molecular formula is C18H17F3N3O4S+. The first-order valence-corrected chi connectivity index (χ1v) is 9.62. The molecule has 154 valence electrons. The van der Waals surface area contributed by atoms with E-state index < -0.39 is 11.9 Å². The van der Waals surface area contributed by atoms with Crippen molar-refractivity contribution in [3.05, 3.63) is 50.3 Å². The highest BCUT2D eigenvalue weighted by Gasteiger charge is 2.38. The van der Waals surface area contributed by atoms with Gasteiger partial charge in [0.15, 0.2) is 17.7 Å². The van der Waals surface area contributed by atoms with Crippen molar-refractivity contribution in [2.75, 3.05) is 0 Å². The van der Waals surface area contributed by atoms with Crippen LogP contribution in [0.15, 0.2) is 33.7 Å². The minimum Gasteiger partial charge on any atom is -0.441 e. The molecule has 1 aliphatic rings. The molecule has 29 heavy (non-hydrogen) atoms. The lowest BCUT2D eigenvalue weighted by Crippen LogP contribution is -2.40. The Morgan fingerprint density at radius 1 is 1.34 bits per heavy atom. The molecule has 0 unspecified atom stereocenters. The Morgan fingerprint density at radius 2 is 2.14 bits per heavy atom. The number of thiazole rings is 1. The minimum atomic E-state index is -4.47. The number of rotatable bonds is 6. The Hall–Kier alpha value is -2.66. The largest absolute Gasteiger partial charge is 0.441 e. The van der Waals surface area contributed by atoms with Crippen molar-refractivity contribution in [3.63, 3.8) is 0 Å². The lowest BCUT2D eigenvalue weighted by atomic mass is 9.92. The van der Waals surface area contributed by atoms with E-state index in [9.17, 15) is 18.0 Å². The predicted molar refractivity (Wildman–Crippen MR) is 95.4 cm³/mol. The second-order valence-corrected chi connectivity index (χ2v) is 7.95. The third kappa shape index (κ3) is 4.51. The molecule has 1 fully saturated rings. The molecule has 0 radical (unpaired) electrons. The Labute approximate surface area is 166 Å². The number of aryl methyl sites for hydroxylation is 1. The summed E-state index contributed by atoms with van der Waals surface area (Å²) in [5.74, 6) is 0.943. The van der Waals surface area contributed by atoms with Crippen LogP contribution in [-0.4, -0.2) is 22.3 Å². The van der Waals surface area contributed by atoms with Gasteiger partial charge in [0.2, 0.25) is 0 Å². The molecule has 11 heteroatoms. The van der Waals surface area contributed by atoms with Gasteiger partial charge in [-0.2, -0.15) is 23.3 Å². The van der Waals surface area contributed by atoms with E-state index in [0.717, 1.165) is 11.3 Å². The monoisotopic (exact) mass is 428 g/mol. The number of nitrogens with zero attached hydrogens (tertiary/aromatic N) is 1. The van der Waals surface area contributed by atoms with E-state index in [2.05, 4.69) is 15.1 Å². The summed E-state index contributed by atoms with van der Waals surface area (Å²) in [6.45, 7) is 1.43. The van der Waals surface area contributed by atoms with Crippen LogP contribution in [-0.2, 0) is 17.5 Å². The third-order valence-corrected chi connectivity index (χ3v) is 5.40. The highest BCUT2D eigenvalue weighted by molar-refractivity contribution is 7.11. The van der Waals surface area contributed by atoms with Crippen molar-refractivity contribution in [1.29, 1.82) is 0 Å². The lowest BCUT2D eigenvalue weighted by molar-refractivity contribution is -0.398. The van der Waals surface area contributed by atoms with E-state index in [1.165, 1.54) is 6.07 Å².